The van der Waals surface area contributed by atoms with Gasteiger partial charge >= 0.3 is 0 Å². The van der Waals surface area contributed by atoms with Crippen LogP contribution in [0.3, 0.4) is 0 Å². The van der Waals surface area contributed by atoms with E-state index in [9.17, 15) is 8.78 Å². The van der Waals surface area contributed by atoms with Crippen LogP contribution in [0.4, 0.5) is 14.6 Å². The zero-order chi connectivity index (χ0) is 21.9. The summed E-state index contributed by atoms with van der Waals surface area (Å²) in [5, 5.41) is 11.1. The molecule has 3 fully saturated rings. The fourth-order valence-electron chi connectivity index (χ4n) is 5.50. The summed E-state index contributed by atoms with van der Waals surface area (Å²) in [6.07, 6.45) is 8.51. The average Bonchev–Trinajstić information content (AvgIpc) is 3.37. The van der Waals surface area contributed by atoms with Gasteiger partial charge in [-0.25, -0.2) is 23.3 Å². The van der Waals surface area contributed by atoms with Crippen LogP contribution in [0.1, 0.15) is 50.1 Å². The van der Waals surface area contributed by atoms with Gasteiger partial charge in [-0.05, 0) is 44.1 Å². The van der Waals surface area contributed by atoms with Crippen LogP contribution in [-0.4, -0.2) is 45.8 Å². The van der Waals surface area contributed by atoms with E-state index >= 15 is 0 Å². The van der Waals surface area contributed by atoms with Crippen molar-refractivity contribution in [3.05, 3.63) is 35.7 Å². The van der Waals surface area contributed by atoms with Crippen molar-refractivity contribution in [2.75, 3.05) is 25.5 Å². The second-order valence-electron chi connectivity index (χ2n) is 9.45. The van der Waals surface area contributed by atoms with E-state index in [4.69, 9.17) is 9.84 Å². The van der Waals surface area contributed by atoms with E-state index in [1.807, 2.05) is 6.07 Å². The van der Waals surface area contributed by atoms with Crippen LogP contribution in [0.15, 0.2) is 18.3 Å². The molecule has 2 saturated carbocycles. The minimum atomic E-state index is -0.740. The van der Waals surface area contributed by atoms with Crippen molar-refractivity contribution in [1.82, 2.24) is 24.9 Å². The van der Waals surface area contributed by atoms with E-state index in [2.05, 4.69) is 20.6 Å². The Labute approximate surface area is 184 Å². The Bertz CT molecular complexity index is 1180. The van der Waals surface area contributed by atoms with Crippen molar-refractivity contribution in [3.63, 3.8) is 0 Å². The second kappa shape index (κ2) is 7.37. The molecule has 3 aromatic heterocycles. The highest BCUT2D eigenvalue weighted by Crippen LogP contribution is 2.62. The summed E-state index contributed by atoms with van der Waals surface area (Å²) in [5.41, 5.74) is 2.32. The molecule has 7 nitrogen and oxygen atoms in total. The number of aromatic nitrogens is 4. The van der Waals surface area contributed by atoms with Crippen LogP contribution in [0.5, 0.6) is 5.75 Å². The summed E-state index contributed by atoms with van der Waals surface area (Å²) in [4.78, 5) is 8.69. The van der Waals surface area contributed by atoms with Crippen LogP contribution in [-0.2, 0) is 0 Å². The highest BCUT2D eigenvalue weighted by molar-refractivity contribution is 5.63. The standard InChI is InChI=1S/C23H26F2N6O/c1-32-18-8-19-27-12-17(31(19)30-20(18)13-9-23(10-13)4-2-5-23)21-15(24)7-16(25)22(29-21)28-14-3-6-26-11-14/h7-8,12-14,26H,2-6,9-11H2,1H3,(H,28,29). The van der Waals surface area contributed by atoms with E-state index in [-0.39, 0.29) is 17.6 Å². The van der Waals surface area contributed by atoms with Gasteiger partial charge in [0.05, 0.1) is 13.3 Å². The topological polar surface area (TPSA) is 76.4 Å². The largest absolute Gasteiger partial charge is 0.495 e. The van der Waals surface area contributed by atoms with Crippen LogP contribution in [0.25, 0.3) is 17.0 Å². The highest BCUT2D eigenvalue weighted by atomic mass is 19.1. The van der Waals surface area contributed by atoms with Crippen LogP contribution in [0, 0.1) is 17.0 Å². The minimum absolute atomic E-state index is 0.0278. The molecule has 0 bridgehead atoms. The quantitative estimate of drug-likeness (QED) is 0.627. The second-order valence-corrected chi connectivity index (χ2v) is 9.45. The molecule has 0 aromatic carbocycles. The first-order chi connectivity index (χ1) is 15.5. The molecule has 1 spiro atoms. The van der Waals surface area contributed by atoms with Gasteiger partial charge in [-0.15, -0.1) is 0 Å². The van der Waals surface area contributed by atoms with E-state index < -0.39 is 11.6 Å². The number of methoxy groups -OCH3 is 1. The van der Waals surface area contributed by atoms with Gasteiger partial charge in [0.15, 0.2) is 23.1 Å². The third-order valence-electron chi connectivity index (χ3n) is 7.44. The predicted molar refractivity (Wildman–Crippen MR) is 116 cm³/mol. The maximum absolute atomic E-state index is 14.8. The first-order valence-electron chi connectivity index (χ1n) is 11.3. The van der Waals surface area contributed by atoms with Gasteiger partial charge in [-0.3, -0.25) is 0 Å². The number of ether oxygens (including phenoxy) is 1. The molecule has 4 heterocycles. The number of anilines is 1. The molecule has 168 valence electrons. The number of pyridine rings is 1. The van der Waals surface area contributed by atoms with E-state index in [1.165, 1.54) is 25.5 Å². The molecule has 0 amide bonds. The van der Waals surface area contributed by atoms with Crippen molar-refractivity contribution in [1.29, 1.82) is 0 Å². The number of hydrogen-bond donors (Lipinski definition) is 2. The lowest BCUT2D eigenvalue weighted by molar-refractivity contribution is 0.00648. The zero-order valence-electron chi connectivity index (χ0n) is 18.0. The van der Waals surface area contributed by atoms with Crippen LogP contribution >= 0.6 is 0 Å². The Balaban J connectivity index is 1.39. The number of halogens is 2. The summed E-state index contributed by atoms with van der Waals surface area (Å²) < 4.78 is 36.5. The number of rotatable bonds is 5. The van der Waals surface area contributed by atoms with Gasteiger partial charge in [0.1, 0.15) is 22.8 Å². The summed E-state index contributed by atoms with van der Waals surface area (Å²) in [5.74, 6) is -0.372. The molecular weight excluding hydrogens is 414 g/mol. The molecule has 9 heteroatoms. The number of nitrogens with zero attached hydrogens (tertiary/aromatic N) is 4. The third kappa shape index (κ3) is 3.13. The van der Waals surface area contributed by atoms with Crippen molar-refractivity contribution in [2.24, 2.45) is 5.41 Å². The number of hydrogen-bond acceptors (Lipinski definition) is 6. The molecule has 1 aliphatic heterocycles. The van der Waals surface area contributed by atoms with Gasteiger partial charge in [0.25, 0.3) is 0 Å². The van der Waals surface area contributed by atoms with Crippen molar-refractivity contribution >= 4 is 11.5 Å². The monoisotopic (exact) mass is 440 g/mol. The van der Waals surface area contributed by atoms with Gasteiger partial charge in [0.2, 0.25) is 0 Å². The predicted octanol–water partition coefficient (Wildman–Crippen LogP) is 3.90. The number of nitrogens with one attached hydrogen (secondary N) is 2. The molecular formula is C23H26F2N6O. The SMILES string of the molecule is COc1cc2ncc(-c3nc(NC4CCNC4)c(F)cc3F)n2nc1C1CC2(CCC2)C1. The molecule has 2 aliphatic carbocycles. The van der Waals surface area contributed by atoms with Gasteiger partial charge in [-0.2, -0.15) is 5.10 Å². The molecule has 1 saturated heterocycles. The number of imidazole rings is 1. The molecule has 3 aliphatic rings. The maximum atomic E-state index is 14.8. The molecule has 32 heavy (non-hydrogen) atoms. The Morgan fingerprint density at radius 1 is 1.22 bits per heavy atom. The van der Waals surface area contributed by atoms with Gasteiger partial charge < -0.3 is 15.4 Å². The smallest absolute Gasteiger partial charge is 0.168 e. The minimum Gasteiger partial charge on any atom is -0.495 e. The Morgan fingerprint density at radius 3 is 2.75 bits per heavy atom. The Hall–Kier alpha value is -2.81. The molecule has 6 rings (SSSR count). The number of fused-ring (bicyclic) bond motifs is 1. The fraction of sp³-hybridized carbons (Fsp3) is 0.522. The molecule has 1 unspecified atom stereocenters. The summed E-state index contributed by atoms with van der Waals surface area (Å²) >= 11 is 0. The third-order valence-corrected chi connectivity index (χ3v) is 7.44. The van der Waals surface area contributed by atoms with Crippen molar-refractivity contribution < 1.29 is 13.5 Å². The Morgan fingerprint density at radius 2 is 2.06 bits per heavy atom. The van der Waals surface area contributed by atoms with Gasteiger partial charge in [-0.1, -0.05) is 6.42 Å². The molecule has 0 radical (unpaired) electrons. The fourth-order valence-corrected chi connectivity index (χ4v) is 5.50. The van der Waals surface area contributed by atoms with Gasteiger partial charge in [0, 0.05) is 30.6 Å². The molecule has 1 atom stereocenters. The Kier molecular flexibility index (Phi) is 4.57. The molecule has 3 aromatic rings. The highest BCUT2D eigenvalue weighted by Gasteiger charge is 2.49. The van der Waals surface area contributed by atoms with E-state index in [0.29, 0.717) is 28.4 Å². The summed E-state index contributed by atoms with van der Waals surface area (Å²) in [7, 11) is 1.63. The van der Waals surface area contributed by atoms with E-state index in [0.717, 1.165) is 44.1 Å². The van der Waals surface area contributed by atoms with Crippen molar-refractivity contribution in [2.45, 2.75) is 50.5 Å². The average molecular weight is 440 g/mol. The maximum Gasteiger partial charge on any atom is 0.168 e. The van der Waals surface area contributed by atoms with Crippen LogP contribution in [0.2, 0.25) is 0 Å². The van der Waals surface area contributed by atoms with E-state index in [1.54, 1.807) is 11.6 Å². The first kappa shape index (κ1) is 19.8. The normalized spacial score (nSPS) is 22.2. The zero-order valence-corrected chi connectivity index (χ0v) is 18.0. The lowest BCUT2D eigenvalue weighted by atomic mass is 9.51. The van der Waals surface area contributed by atoms with Crippen LogP contribution < -0.4 is 15.4 Å². The molecule has 2 N–H and O–H groups in total. The summed E-state index contributed by atoms with van der Waals surface area (Å²) in [6, 6.07) is 2.77. The lowest BCUT2D eigenvalue weighted by Gasteiger charge is -2.54. The summed E-state index contributed by atoms with van der Waals surface area (Å²) in [6.45, 7) is 1.58. The first-order valence-corrected chi connectivity index (χ1v) is 11.3. The van der Waals surface area contributed by atoms with Crippen molar-refractivity contribution in [3.8, 4) is 17.1 Å². The lowest BCUT2D eigenvalue weighted by Crippen LogP contribution is -2.41.